The standard InChI is InChI=1S/C15H22N2O2/c1-13-8-10-14(11-9-13)17-15(18)7-5-3-2-4-6-12-16-19/h8-12,19H,2-7H2,1H3,(H,17,18)/b16-12+. The predicted molar refractivity (Wildman–Crippen MR) is 77.8 cm³/mol. The van der Waals surface area contributed by atoms with Gasteiger partial charge in [0.05, 0.1) is 0 Å². The second-order valence-electron chi connectivity index (χ2n) is 4.67. The Balaban J connectivity index is 2.09. The number of anilines is 1. The van der Waals surface area contributed by atoms with Crippen LogP contribution in [-0.2, 0) is 4.79 Å². The number of oxime groups is 1. The van der Waals surface area contributed by atoms with E-state index < -0.39 is 0 Å². The van der Waals surface area contributed by atoms with Crippen LogP contribution in [0.2, 0.25) is 0 Å². The number of rotatable bonds is 8. The van der Waals surface area contributed by atoms with Gasteiger partial charge in [-0.15, -0.1) is 5.16 Å². The molecule has 0 aliphatic heterocycles. The molecule has 1 amide bonds. The molecule has 19 heavy (non-hydrogen) atoms. The highest BCUT2D eigenvalue weighted by Gasteiger charge is 2.01. The van der Waals surface area contributed by atoms with Crippen molar-refractivity contribution in [2.75, 3.05) is 5.32 Å². The van der Waals surface area contributed by atoms with Gasteiger partial charge in [0.2, 0.25) is 5.91 Å². The second-order valence-corrected chi connectivity index (χ2v) is 4.67. The van der Waals surface area contributed by atoms with Crippen LogP contribution < -0.4 is 5.32 Å². The number of unbranched alkanes of at least 4 members (excludes halogenated alkanes) is 4. The third kappa shape index (κ3) is 7.24. The summed E-state index contributed by atoms with van der Waals surface area (Å²) in [6.45, 7) is 2.02. The topological polar surface area (TPSA) is 61.7 Å². The Kier molecular flexibility index (Phi) is 7.32. The highest BCUT2D eigenvalue weighted by atomic mass is 16.4. The first-order chi connectivity index (χ1) is 9.22. The van der Waals surface area contributed by atoms with E-state index in [1.807, 2.05) is 31.2 Å². The van der Waals surface area contributed by atoms with E-state index in [1.54, 1.807) is 0 Å². The van der Waals surface area contributed by atoms with Crippen LogP contribution in [-0.4, -0.2) is 17.3 Å². The number of nitrogens with zero attached hydrogens (tertiary/aromatic N) is 1. The zero-order chi connectivity index (χ0) is 13.9. The molecular formula is C15H22N2O2. The van der Waals surface area contributed by atoms with Crippen molar-refractivity contribution in [3.05, 3.63) is 29.8 Å². The summed E-state index contributed by atoms with van der Waals surface area (Å²) in [4.78, 5) is 11.7. The molecule has 2 N–H and O–H groups in total. The van der Waals surface area contributed by atoms with Gasteiger partial charge < -0.3 is 10.5 Å². The highest BCUT2D eigenvalue weighted by Crippen LogP contribution is 2.10. The van der Waals surface area contributed by atoms with Crippen molar-refractivity contribution in [2.45, 2.75) is 45.4 Å². The summed E-state index contributed by atoms with van der Waals surface area (Å²) in [7, 11) is 0. The van der Waals surface area contributed by atoms with E-state index in [9.17, 15) is 4.79 Å². The molecule has 0 atom stereocenters. The van der Waals surface area contributed by atoms with Crippen LogP contribution in [0.4, 0.5) is 5.69 Å². The first kappa shape index (κ1) is 15.2. The lowest BCUT2D eigenvalue weighted by atomic mass is 10.1. The van der Waals surface area contributed by atoms with E-state index in [0.29, 0.717) is 6.42 Å². The summed E-state index contributed by atoms with van der Waals surface area (Å²) in [5.41, 5.74) is 2.04. The van der Waals surface area contributed by atoms with Gasteiger partial charge in [0.25, 0.3) is 0 Å². The van der Waals surface area contributed by atoms with Gasteiger partial charge in [0.15, 0.2) is 0 Å². The molecule has 0 fully saturated rings. The van der Waals surface area contributed by atoms with Gasteiger partial charge >= 0.3 is 0 Å². The molecule has 4 nitrogen and oxygen atoms in total. The van der Waals surface area contributed by atoms with Crippen LogP contribution in [0.15, 0.2) is 29.4 Å². The molecule has 0 radical (unpaired) electrons. The minimum atomic E-state index is 0.0702. The number of carbonyl (C=O) groups excluding carboxylic acids is 1. The fraction of sp³-hybridized carbons (Fsp3) is 0.467. The van der Waals surface area contributed by atoms with Gasteiger partial charge in [-0.05, 0) is 38.3 Å². The van der Waals surface area contributed by atoms with Crippen LogP contribution in [0, 0.1) is 6.92 Å². The van der Waals surface area contributed by atoms with Crippen molar-refractivity contribution in [3.8, 4) is 0 Å². The van der Waals surface area contributed by atoms with Crippen molar-refractivity contribution in [2.24, 2.45) is 5.16 Å². The Morgan fingerprint density at radius 2 is 1.89 bits per heavy atom. The molecular weight excluding hydrogens is 240 g/mol. The molecule has 0 spiro atoms. The third-order valence-corrected chi connectivity index (χ3v) is 2.90. The minimum Gasteiger partial charge on any atom is -0.411 e. The SMILES string of the molecule is Cc1ccc(NC(=O)CCCCCC/C=N/O)cc1. The van der Waals surface area contributed by atoms with Gasteiger partial charge in [0.1, 0.15) is 0 Å². The van der Waals surface area contributed by atoms with E-state index in [2.05, 4.69) is 10.5 Å². The normalized spacial score (nSPS) is 10.8. The molecule has 4 heteroatoms. The van der Waals surface area contributed by atoms with E-state index in [4.69, 9.17) is 5.21 Å². The monoisotopic (exact) mass is 262 g/mol. The van der Waals surface area contributed by atoms with Gasteiger partial charge in [0, 0.05) is 18.3 Å². The van der Waals surface area contributed by atoms with E-state index in [0.717, 1.165) is 37.8 Å². The van der Waals surface area contributed by atoms with Crippen molar-refractivity contribution in [1.29, 1.82) is 0 Å². The lowest BCUT2D eigenvalue weighted by Crippen LogP contribution is -2.10. The fourth-order valence-corrected chi connectivity index (χ4v) is 1.79. The largest absolute Gasteiger partial charge is 0.411 e. The molecule has 1 aromatic carbocycles. The van der Waals surface area contributed by atoms with Gasteiger partial charge in [-0.1, -0.05) is 30.5 Å². The first-order valence-corrected chi connectivity index (χ1v) is 6.75. The summed E-state index contributed by atoms with van der Waals surface area (Å²) in [6.07, 6.45) is 6.85. The number of aryl methyl sites for hydroxylation is 1. The maximum Gasteiger partial charge on any atom is 0.224 e. The number of amides is 1. The smallest absolute Gasteiger partial charge is 0.224 e. The highest BCUT2D eigenvalue weighted by molar-refractivity contribution is 5.90. The number of benzene rings is 1. The number of hydrogen-bond acceptors (Lipinski definition) is 3. The Morgan fingerprint density at radius 3 is 2.58 bits per heavy atom. The lowest BCUT2D eigenvalue weighted by molar-refractivity contribution is -0.116. The molecule has 1 rings (SSSR count). The number of nitrogens with one attached hydrogen (secondary N) is 1. The first-order valence-electron chi connectivity index (χ1n) is 6.75. The van der Waals surface area contributed by atoms with Crippen LogP contribution in [0.5, 0.6) is 0 Å². The van der Waals surface area contributed by atoms with Crippen LogP contribution in [0.1, 0.15) is 44.1 Å². The molecule has 1 aromatic rings. The predicted octanol–water partition coefficient (Wildman–Crippen LogP) is 3.73. The third-order valence-electron chi connectivity index (χ3n) is 2.90. The molecule has 0 unspecified atom stereocenters. The van der Waals surface area contributed by atoms with Crippen molar-refractivity contribution in [1.82, 2.24) is 0 Å². The maximum atomic E-state index is 11.7. The van der Waals surface area contributed by atoms with Gasteiger partial charge in [-0.3, -0.25) is 4.79 Å². The fourth-order valence-electron chi connectivity index (χ4n) is 1.79. The number of carbonyl (C=O) groups is 1. The zero-order valence-corrected chi connectivity index (χ0v) is 11.4. The van der Waals surface area contributed by atoms with Gasteiger partial charge in [-0.2, -0.15) is 0 Å². The summed E-state index contributed by atoms with van der Waals surface area (Å²) < 4.78 is 0. The molecule has 0 aliphatic carbocycles. The molecule has 0 heterocycles. The molecule has 0 saturated carbocycles. The Labute approximate surface area is 114 Å². The van der Waals surface area contributed by atoms with Crippen molar-refractivity contribution < 1.29 is 10.0 Å². The average Bonchev–Trinajstić information content (AvgIpc) is 2.40. The van der Waals surface area contributed by atoms with E-state index in [-0.39, 0.29) is 5.91 Å². The molecule has 0 bridgehead atoms. The molecule has 104 valence electrons. The second kappa shape index (κ2) is 9.14. The average molecular weight is 262 g/mol. The summed E-state index contributed by atoms with van der Waals surface area (Å²) >= 11 is 0. The van der Waals surface area contributed by atoms with Crippen LogP contribution in [0.25, 0.3) is 0 Å². The van der Waals surface area contributed by atoms with E-state index in [1.165, 1.54) is 11.8 Å². The van der Waals surface area contributed by atoms with Crippen LogP contribution >= 0.6 is 0 Å². The van der Waals surface area contributed by atoms with Crippen molar-refractivity contribution in [3.63, 3.8) is 0 Å². The quantitative estimate of drug-likeness (QED) is 0.324. The minimum absolute atomic E-state index is 0.0702. The van der Waals surface area contributed by atoms with Gasteiger partial charge in [-0.25, -0.2) is 0 Å². The summed E-state index contributed by atoms with van der Waals surface area (Å²) in [5, 5.41) is 14.0. The molecule has 0 saturated heterocycles. The summed E-state index contributed by atoms with van der Waals surface area (Å²) in [5.74, 6) is 0.0702. The molecule has 0 aliphatic rings. The van der Waals surface area contributed by atoms with Crippen molar-refractivity contribution >= 4 is 17.8 Å². The lowest BCUT2D eigenvalue weighted by Gasteiger charge is -2.05. The maximum absolute atomic E-state index is 11.7. The Morgan fingerprint density at radius 1 is 1.21 bits per heavy atom. The zero-order valence-electron chi connectivity index (χ0n) is 11.4. The molecule has 0 aromatic heterocycles. The Hall–Kier alpha value is -1.84. The van der Waals surface area contributed by atoms with E-state index >= 15 is 0 Å². The Bertz CT molecular complexity index is 399. The number of hydrogen-bond donors (Lipinski definition) is 2. The summed E-state index contributed by atoms with van der Waals surface area (Å²) in [6, 6.07) is 7.81. The van der Waals surface area contributed by atoms with Crippen LogP contribution in [0.3, 0.4) is 0 Å².